The van der Waals surface area contributed by atoms with Gasteiger partial charge in [-0.25, -0.2) is 9.97 Å². The van der Waals surface area contributed by atoms with Gasteiger partial charge in [0.1, 0.15) is 0 Å². The molecule has 9 heteroatoms. The third kappa shape index (κ3) is 5.26. The summed E-state index contributed by atoms with van der Waals surface area (Å²) in [5, 5.41) is 5.25. The van der Waals surface area contributed by atoms with E-state index in [-0.39, 0.29) is 17.9 Å². The second-order valence-corrected chi connectivity index (χ2v) is 7.71. The Labute approximate surface area is 173 Å². The molecule has 8 nitrogen and oxygen atoms in total. The molecule has 1 aliphatic heterocycles. The first-order chi connectivity index (χ1) is 14.0. The van der Waals surface area contributed by atoms with Gasteiger partial charge in [0.05, 0.1) is 16.3 Å². The summed E-state index contributed by atoms with van der Waals surface area (Å²) < 4.78 is 0.858. The molecule has 0 radical (unpaired) electrons. The van der Waals surface area contributed by atoms with E-state index in [2.05, 4.69) is 26.0 Å². The monoisotopic (exact) mass is 412 g/mol. The van der Waals surface area contributed by atoms with E-state index in [0.717, 1.165) is 41.7 Å². The fraction of sp³-hybridized carbons (Fsp3) is 0.350. The van der Waals surface area contributed by atoms with E-state index in [1.165, 1.54) is 18.3 Å². The molecule has 0 saturated carbocycles. The van der Waals surface area contributed by atoms with Crippen molar-refractivity contribution in [2.45, 2.75) is 32.7 Å². The Morgan fingerprint density at radius 2 is 1.97 bits per heavy atom. The Hall–Kier alpha value is -3.07. The lowest BCUT2D eigenvalue weighted by atomic mass is 10.1. The Morgan fingerprint density at radius 3 is 2.62 bits per heavy atom. The SMILES string of the molecule is CC(N)=O.CC(Nc1nc(C(=O)N2CCCC2)c2sccc2n1)c1cccnc1. The standard InChI is InChI=1S/C18H19N5OS.C2H5NO/c1-12(13-5-4-7-19-11-13)20-18-21-14-6-10-25-16(14)15(22-18)17(24)23-8-2-3-9-23;1-2(3)4/h4-7,10-12H,2-3,8-9H2,1H3,(H,20,21,22);1H3,(H2,3,4). The number of amides is 2. The summed E-state index contributed by atoms with van der Waals surface area (Å²) >= 11 is 1.51. The number of aromatic nitrogens is 3. The van der Waals surface area contributed by atoms with Crippen LogP contribution in [0.1, 0.15) is 48.8 Å². The predicted octanol–water partition coefficient (Wildman–Crippen LogP) is 2.99. The topological polar surface area (TPSA) is 114 Å². The summed E-state index contributed by atoms with van der Waals surface area (Å²) in [5.74, 6) is 0.147. The van der Waals surface area contributed by atoms with Crippen LogP contribution in [0.5, 0.6) is 0 Å². The van der Waals surface area contributed by atoms with E-state index >= 15 is 0 Å². The van der Waals surface area contributed by atoms with Crippen LogP contribution in [0.4, 0.5) is 5.95 Å². The van der Waals surface area contributed by atoms with Crippen molar-refractivity contribution >= 4 is 39.3 Å². The Bertz CT molecular complexity index is 981. The highest BCUT2D eigenvalue weighted by atomic mass is 32.1. The first-order valence-corrected chi connectivity index (χ1v) is 10.3. The molecule has 0 spiro atoms. The number of primary amides is 1. The largest absolute Gasteiger partial charge is 0.370 e. The minimum absolute atomic E-state index is 0.000440. The lowest BCUT2D eigenvalue weighted by molar-refractivity contribution is -0.115. The van der Waals surface area contributed by atoms with Gasteiger partial charge < -0.3 is 16.0 Å². The summed E-state index contributed by atoms with van der Waals surface area (Å²) in [4.78, 5) is 37.3. The van der Waals surface area contributed by atoms with Gasteiger partial charge in [-0.15, -0.1) is 11.3 Å². The minimum atomic E-state index is -0.333. The number of anilines is 1. The molecule has 1 unspecified atom stereocenters. The highest BCUT2D eigenvalue weighted by molar-refractivity contribution is 7.17. The number of carbonyl (C=O) groups excluding carboxylic acids is 2. The second kappa shape index (κ2) is 9.42. The highest BCUT2D eigenvalue weighted by Gasteiger charge is 2.24. The van der Waals surface area contributed by atoms with Crippen LogP contribution in [0, 0.1) is 0 Å². The number of hydrogen-bond donors (Lipinski definition) is 2. The van der Waals surface area contributed by atoms with E-state index in [9.17, 15) is 9.59 Å². The van der Waals surface area contributed by atoms with Crippen LogP contribution in [-0.4, -0.2) is 44.8 Å². The van der Waals surface area contributed by atoms with Crippen molar-refractivity contribution in [3.63, 3.8) is 0 Å². The molecule has 0 aromatic carbocycles. The molecule has 1 saturated heterocycles. The summed E-state index contributed by atoms with van der Waals surface area (Å²) in [7, 11) is 0. The fourth-order valence-corrected chi connectivity index (χ4v) is 3.86. The van der Waals surface area contributed by atoms with Crippen LogP contribution < -0.4 is 11.1 Å². The van der Waals surface area contributed by atoms with Gasteiger partial charge >= 0.3 is 0 Å². The molecular weight excluding hydrogens is 388 g/mol. The third-order valence-electron chi connectivity index (χ3n) is 4.43. The van der Waals surface area contributed by atoms with Crippen LogP contribution >= 0.6 is 11.3 Å². The maximum Gasteiger partial charge on any atom is 0.274 e. The van der Waals surface area contributed by atoms with E-state index in [4.69, 9.17) is 0 Å². The highest BCUT2D eigenvalue weighted by Crippen LogP contribution is 2.27. The number of thiophene rings is 1. The number of hydrogen-bond acceptors (Lipinski definition) is 7. The Kier molecular flexibility index (Phi) is 6.71. The maximum atomic E-state index is 12.9. The first-order valence-electron chi connectivity index (χ1n) is 9.42. The van der Waals surface area contributed by atoms with Crippen molar-refractivity contribution in [1.29, 1.82) is 0 Å². The number of nitrogens with one attached hydrogen (secondary N) is 1. The number of fused-ring (bicyclic) bond motifs is 1. The van der Waals surface area contributed by atoms with Crippen molar-refractivity contribution in [3.8, 4) is 0 Å². The smallest absolute Gasteiger partial charge is 0.274 e. The van der Waals surface area contributed by atoms with Gasteiger partial charge in [-0.1, -0.05) is 6.07 Å². The Morgan fingerprint density at radius 1 is 1.24 bits per heavy atom. The van der Waals surface area contributed by atoms with Crippen LogP contribution in [0.25, 0.3) is 10.2 Å². The Balaban J connectivity index is 0.000000552. The van der Waals surface area contributed by atoms with Crippen LogP contribution in [0.15, 0.2) is 36.0 Å². The van der Waals surface area contributed by atoms with E-state index < -0.39 is 0 Å². The van der Waals surface area contributed by atoms with Crippen molar-refractivity contribution in [2.75, 3.05) is 18.4 Å². The number of rotatable bonds is 4. The normalized spacial score (nSPS) is 14.2. The van der Waals surface area contributed by atoms with Crippen molar-refractivity contribution in [2.24, 2.45) is 5.73 Å². The molecule has 152 valence electrons. The van der Waals surface area contributed by atoms with E-state index in [1.54, 1.807) is 6.20 Å². The number of nitrogens with two attached hydrogens (primary N) is 1. The van der Waals surface area contributed by atoms with Gasteiger partial charge in [-0.3, -0.25) is 14.6 Å². The third-order valence-corrected chi connectivity index (χ3v) is 5.34. The molecule has 2 amide bonds. The molecule has 0 bridgehead atoms. The molecule has 3 aromatic rings. The van der Waals surface area contributed by atoms with Gasteiger partial charge in [0.15, 0.2) is 5.69 Å². The average molecular weight is 413 g/mol. The number of pyridine rings is 1. The zero-order valence-corrected chi connectivity index (χ0v) is 17.3. The van der Waals surface area contributed by atoms with Crippen LogP contribution in [0.2, 0.25) is 0 Å². The quantitative estimate of drug-likeness (QED) is 0.681. The van der Waals surface area contributed by atoms with Crippen molar-refractivity contribution in [3.05, 3.63) is 47.2 Å². The molecule has 4 heterocycles. The molecule has 3 N–H and O–H groups in total. The van der Waals surface area contributed by atoms with Gasteiger partial charge in [0, 0.05) is 32.4 Å². The van der Waals surface area contributed by atoms with E-state index in [1.807, 2.05) is 41.6 Å². The van der Waals surface area contributed by atoms with E-state index in [0.29, 0.717) is 11.6 Å². The molecule has 29 heavy (non-hydrogen) atoms. The minimum Gasteiger partial charge on any atom is -0.370 e. The van der Waals surface area contributed by atoms with Gasteiger partial charge in [0.2, 0.25) is 11.9 Å². The first kappa shape index (κ1) is 20.7. The molecule has 4 rings (SSSR count). The fourth-order valence-electron chi connectivity index (χ4n) is 3.05. The summed E-state index contributed by atoms with van der Waals surface area (Å²) in [6, 6.07) is 5.84. The summed E-state index contributed by atoms with van der Waals surface area (Å²) in [6.07, 6.45) is 5.69. The predicted molar refractivity (Wildman–Crippen MR) is 114 cm³/mol. The molecular formula is C20H24N6O2S. The second-order valence-electron chi connectivity index (χ2n) is 6.79. The van der Waals surface area contributed by atoms with Crippen molar-refractivity contribution in [1.82, 2.24) is 19.9 Å². The maximum absolute atomic E-state index is 12.9. The van der Waals surface area contributed by atoms with Gasteiger partial charge in [0.25, 0.3) is 5.91 Å². The zero-order chi connectivity index (χ0) is 20.8. The molecule has 1 atom stereocenters. The number of nitrogens with zero attached hydrogens (tertiary/aromatic N) is 4. The van der Waals surface area contributed by atoms with Crippen LogP contribution in [-0.2, 0) is 4.79 Å². The molecule has 1 fully saturated rings. The van der Waals surface area contributed by atoms with Crippen molar-refractivity contribution < 1.29 is 9.59 Å². The summed E-state index contributed by atoms with van der Waals surface area (Å²) in [5.41, 5.74) is 6.83. The molecule has 1 aliphatic rings. The molecule has 0 aliphatic carbocycles. The summed E-state index contributed by atoms with van der Waals surface area (Å²) in [6.45, 7) is 4.95. The van der Waals surface area contributed by atoms with Crippen LogP contribution in [0.3, 0.4) is 0 Å². The van der Waals surface area contributed by atoms with Gasteiger partial charge in [-0.05, 0) is 42.8 Å². The molecule has 3 aromatic heterocycles. The van der Waals surface area contributed by atoms with Gasteiger partial charge in [-0.2, -0.15) is 0 Å². The lowest BCUT2D eigenvalue weighted by Gasteiger charge is -2.17. The lowest BCUT2D eigenvalue weighted by Crippen LogP contribution is -2.28. The number of carbonyl (C=O) groups is 2. The average Bonchev–Trinajstić information content (AvgIpc) is 3.39. The zero-order valence-electron chi connectivity index (χ0n) is 16.5. The number of likely N-dealkylation sites (tertiary alicyclic amines) is 1.